The lowest BCUT2D eigenvalue weighted by atomic mass is 10.1. The molecule has 0 spiro atoms. The molecule has 1 aromatic rings. The lowest BCUT2D eigenvalue weighted by Gasteiger charge is -2.20. The minimum Gasteiger partial charge on any atom is -0.480 e. The van der Waals surface area contributed by atoms with E-state index >= 15 is 0 Å². The van der Waals surface area contributed by atoms with Gasteiger partial charge in [-0.3, -0.25) is 0 Å². The van der Waals surface area contributed by atoms with Gasteiger partial charge in [0.25, 0.3) is 0 Å². The van der Waals surface area contributed by atoms with Gasteiger partial charge in [-0.2, -0.15) is 0 Å². The molecule has 0 saturated heterocycles. The molecule has 19 heavy (non-hydrogen) atoms. The zero-order chi connectivity index (χ0) is 14.4. The molecule has 106 valence electrons. The third-order valence-electron chi connectivity index (χ3n) is 2.68. The van der Waals surface area contributed by atoms with Crippen molar-refractivity contribution in [2.45, 2.75) is 39.3 Å². The van der Waals surface area contributed by atoms with Crippen LogP contribution < -0.4 is 10.6 Å². The van der Waals surface area contributed by atoms with E-state index in [1.165, 1.54) is 11.3 Å². The van der Waals surface area contributed by atoms with Crippen LogP contribution in [0.1, 0.15) is 38.2 Å². The molecular formula is C12H19N3O3S. The Bertz CT molecular complexity index is 420. The minimum absolute atomic E-state index is 0.178. The second-order valence-electron chi connectivity index (χ2n) is 4.51. The molecule has 3 N–H and O–H groups in total. The third-order valence-corrected chi connectivity index (χ3v) is 3.57. The van der Waals surface area contributed by atoms with Crippen molar-refractivity contribution >= 4 is 23.3 Å². The molecule has 6 nitrogen and oxygen atoms in total. The predicted molar refractivity (Wildman–Crippen MR) is 73.1 cm³/mol. The molecule has 0 aliphatic carbocycles. The van der Waals surface area contributed by atoms with Gasteiger partial charge in [-0.05, 0) is 12.3 Å². The number of carbonyl (C=O) groups is 2. The molecule has 2 atom stereocenters. The molecule has 2 amide bonds. The second-order valence-corrected chi connectivity index (χ2v) is 5.44. The summed E-state index contributed by atoms with van der Waals surface area (Å²) in [7, 11) is 0. The average Bonchev–Trinajstić information content (AvgIpc) is 2.85. The average molecular weight is 285 g/mol. The Morgan fingerprint density at radius 1 is 1.42 bits per heavy atom. The number of nitrogens with zero attached hydrogens (tertiary/aromatic N) is 1. The number of carbonyl (C=O) groups excluding carboxylic acids is 1. The number of rotatable bonds is 6. The molecule has 1 heterocycles. The summed E-state index contributed by atoms with van der Waals surface area (Å²) in [5, 5.41) is 16.9. The van der Waals surface area contributed by atoms with Crippen molar-refractivity contribution in [1.29, 1.82) is 0 Å². The van der Waals surface area contributed by atoms with Gasteiger partial charge in [-0.25, -0.2) is 14.6 Å². The van der Waals surface area contributed by atoms with Gasteiger partial charge >= 0.3 is 12.0 Å². The molecule has 0 radical (unpaired) electrons. The topological polar surface area (TPSA) is 91.3 Å². The highest BCUT2D eigenvalue weighted by Crippen LogP contribution is 2.18. The van der Waals surface area contributed by atoms with Crippen LogP contribution in [0.4, 0.5) is 4.79 Å². The number of carboxylic acid groups (broad SMARTS) is 1. The molecule has 0 aliphatic rings. The first-order chi connectivity index (χ1) is 8.95. The number of urea groups is 1. The highest BCUT2D eigenvalue weighted by Gasteiger charge is 2.24. The molecule has 0 aliphatic heterocycles. The first-order valence-corrected chi connectivity index (χ1v) is 7.02. The van der Waals surface area contributed by atoms with Crippen molar-refractivity contribution < 1.29 is 14.7 Å². The SMILES string of the molecule is CCC(NC(=O)N[C@H](C(=O)O)C(C)C)c1nccs1. The second kappa shape index (κ2) is 7.08. The van der Waals surface area contributed by atoms with Gasteiger partial charge in [0, 0.05) is 11.6 Å². The highest BCUT2D eigenvalue weighted by molar-refractivity contribution is 7.09. The van der Waals surface area contributed by atoms with Crippen LogP contribution in [-0.2, 0) is 4.79 Å². The monoisotopic (exact) mass is 285 g/mol. The van der Waals surface area contributed by atoms with E-state index in [0.717, 1.165) is 5.01 Å². The van der Waals surface area contributed by atoms with Crippen molar-refractivity contribution in [2.75, 3.05) is 0 Å². The van der Waals surface area contributed by atoms with E-state index in [1.54, 1.807) is 20.0 Å². The summed E-state index contributed by atoms with van der Waals surface area (Å²) in [5.41, 5.74) is 0. The van der Waals surface area contributed by atoms with E-state index < -0.39 is 18.0 Å². The van der Waals surface area contributed by atoms with Crippen LogP contribution in [0.3, 0.4) is 0 Å². The molecular weight excluding hydrogens is 266 g/mol. The maximum atomic E-state index is 11.8. The molecule has 0 fully saturated rings. The molecule has 1 rings (SSSR count). The van der Waals surface area contributed by atoms with Crippen LogP contribution in [0.5, 0.6) is 0 Å². The Balaban J connectivity index is 2.61. The van der Waals surface area contributed by atoms with E-state index in [0.29, 0.717) is 6.42 Å². The first-order valence-electron chi connectivity index (χ1n) is 6.14. The van der Waals surface area contributed by atoms with E-state index in [-0.39, 0.29) is 12.0 Å². The number of aliphatic carboxylic acids is 1. The molecule has 0 saturated carbocycles. The number of hydrogen-bond donors (Lipinski definition) is 3. The first kappa shape index (κ1) is 15.4. The highest BCUT2D eigenvalue weighted by atomic mass is 32.1. The number of thiazole rings is 1. The molecule has 1 aromatic heterocycles. The fourth-order valence-corrected chi connectivity index (χ4v) is 2.37. The fraction of sp³-hybridized carbons (Fsp3) is 0.583. The summed E-state index contributed by atoms with van der Waals surface area (Å²) in [6.07, 6.45) is 2.37. The van der Waals surface area contributed by atoms with Crippen LogP contribution in [0.25, 0.3) is 0 Å². The van der Waals surface area contributed by atoms with Crippen LogP contribution in [-0.4, -0.2) is 28.1 Å². The number of nitrogens with one attached hydrogen (secondary N) is 2. The van der Waals surface area contributed by atoms with Gasteiger partial charge in [0.05, 0.1) is 6.04 Å². The summed E-state index contributed by atoms with van der Waals surface area (Å²) in [6, 6.07) is -1.57. The lowest BCUT2D eigenvalue weighted by Crippen LogP contribution is -2.49. The Morgan fingerprint density at radius 3 is 2.53 bits per heavy atom. The van der Waals surface area contributed by atoms with Gasteiger partial charge in [-0.1, -0.05) is 20.8 Å². The molecule has 0 aromatic carbocycles. The van der Waals surface area contributed by atoms with Crippen LogP contribution in [0.15, 0.2) is 11.6 Å². The van der Waals surface area contributed by atoms with Crippen LogP contribution in [0, 0.1) is 5.92 Å². The van der Waals surface area contributed by atoms with Crippen molar-refractivity contribution in [3.05, 3.63) is 16.6 Å². The largest absolute Gasteiger partial charge is 0.480 e. The van der Waals surface area contributed by atoms with Gasteiger partial charge in [0.2, 0.25) is 0 Å². The molecule has 0 bridgehead atoms. The van der Waals surface area contributed by atoms with Gasteiger partial charge in [-0.15, -0.1) is 11.3 Å². The van der Waals surface area contributed by atoms with Crippen LogP contribution in [0.2, 0.25) is 0 Å². The van der Waals surface area contributed by atoms with Crippen molar-refractivity contribution in [1.82, 2.24) is 15.6 Å². The quantitative estimate of drug-likeness (QED) is 0.745. The third kappa shape index (κ3) is 4.51. The smallest absolute Gasteiger partial charge is 0.326 e. The summed E-state index contributed by atoms with van der Waals surface area (Å²) in [6.45, 7) is 5.43. The Morgan fingerprint density at radius 2 is 2.11 bits per heavy atom. The molecule has 1 unspecified atom stereocenters. The number of hydrogen-bond acceptors (Lipinski definition) is 4. The van der Waals surface area contributed by atoms with Gasteiger partial charge in [0.15, 0.2) is 0 Å². The zero-order valence-electron chi connectivity index (χ0n) is 11.2. The van der Waals surface area contributed by atoms with Gasteiger partial charge in [0.1, 0.15) is 11.0 Å². The summed E-state index contributed by atoms with van der Waals surface area (Å²) in [5.74, 6) is -1.21. The van der Waals surface area contributed by atoms with Crippen molar-refractivity contribution in [2.24, 2.45) is 5.92 Å². The van der Waals surface area contributed by atoms with Gasteiger partial charge < -0.3 is 15.7 Å². The predicted octanol–water partition coefficient (Wildman–Crippen LogP) is 2.00. The Labute approximate surface area is 116 Å². The zero-order valence-corrected chi connectivity index (χ0v) is 12.0. The van der Waals surface area contributed by atoms with Crippen LogP contribution >= 0.6 is 11.3 Å². The summed E-state index contributed by atoms with van der Waals surface area (Å²) in [4.78, 5) is 27.0. The van der Waals surface area contributed by atoms with E-state index in [2.05, 4.69) is 15.6 Å². The summed E-state index contributed by atoms with van der Waals surface area (Å²) >= 11 is 1.46. The maximum Gasteiger partial charge on any atom is 0.326 e. The standard InChI is InChI=1S/C12H19N3O3S/c1-4-8(10-13-5-6-19-10)14-12(18)15-9(7(2)3)11(16)17/h5-9H,4H2,1-3H3,(H,16,17)(H2,14,15,18)/t8?,9-/m0/s1. The Hall–Kier alpha value is -1.63. The summed E-state index contributed by atoms with van der Waals surface area (Å²) < 4.78 is 0. The number of aromatic nitrogens is 1. The molecule has 7 heteroatoms. The fourth-order valence-electron chi connectivity index (χ4n) is 1.60. The van der Waals surface area contributed by atoms with Crippen molar-refractivity contribution in [3.8, 4) is 0 Å². The normalized spacial score (nSPS) is 13.9. The lowest BCUT2D eigenvalue weighted by molar-refractivity contribution is -0.140. The van der Waals surface area contributed by atoms with E-state index in [1.807, 2.05) is 12.3 Å². The van der Waals surface area contributed by atoms with E-state index in [4.69, 9.17) is 5.11 Å². The van der Waals surface area contributed by atoms with E-state index in [9.17, 15) is 9.59 Å². The Kier molecular flexibility index (Phi) is 5.75. The maximum absolute atomic E-state index is 11.8. The number of amides is 2. The van der Waals surface area contributed by atoms with Crippen molar-refractivity contribution in [3.63, 3.8) is 0 Å². The minimum atomic E-state index is -1.03. The number of carboxylic acids is 1.